The molecule has 0 radical (unpaired) electrons. The SMILES string of the molecule is Cc1nn(C)cc1-c1cn2cc(Cl)cc(Cl)c2n1. The van der Waals surface area contributed by atoms with Gasteiger partial charge in [-0.05, 0) is 13.0 Å². The maximum absolute atomic E-state index is 6.12. The molecule has 6 heteroatoms. The van der Waals surface area contributed by atoms with Crippen molar-refractivity contribution in [2.24, 2.45) is 7.05 Å². The lowest BCUT2D eigenvalue weighted by Crippen LogP contribution is -1.86. The number of imidazole rings is 1. The van der Waals surface area contributed by atoms with Crippen molar-refractivity contribution in [1.29, 1.82) is 0 Å². The van der Waals surface area contributed by atoms with Crippen molar-refractivity contribution in [3.63, 3.8) is 0 Å². The Morgan fingerprint density at radius 1 is 1.17 bits per heavy atom. The van der Waals surface area contributed by atoms with Crippen molar-refractivity contribution < 1.29 is 0 Å². The largest absolute Gasteiger partial charge is 0.304 e. The summed E-state index contributed by atoms with van der Waals surface area (Å²) >= 11 is 12.1. The minimum Gasteiger partial charge on any atom is -0.304 e. The average molecular weight is 281 g/mol. The van der Waals surface area contributed by atoms with Crippen LogP contribution >= 0.6 is 23.2 Å². The molecule has 0 unspecified atom stereocenters. The van der Waals surface area contributed by atoms with E-state index in [4.69, 9.17) is 23.2 Å². The predicted octanol–water partition coefficient (Wildman–Crippen LogP) is 3.35. The molecular formula is C12H10Cl2N4. The summed E-state index contributed by atoms with van der Waals surface area (Å²) in [6.07, 6.45) is 5.62. The third-order valence-electron chi connectivity index (χ3n) is 2.76. The van der Waals surface area contributed by atoms with E-state index in [0.717, 1.165) is 17.0 Å². The van der Waals surface area contributed by atoms with Gasteiger partial charge in [-0.1, -0.05) is 23.2 Å². The first-order valence-corrected chi connectivity index (χ1v) is 6.14. The van der Waals surface area contributed by atoms with Crippen molar-refractivity contribution in [1.82, 2.24) is 19.2 Å². The summed E-state index contributed by atoms with van der Waals surface area (Å²) in [6, 6.07) is 1.69. The Morgan fingerprint density at radius 2 is 1.94 bits per heavy atom. The zero-order valence-corrected chi connectivity index (χ0v) is 11.4. The summed E-state index contributed by atoms with van der Waals surface area (Å²) in [5, 5.41) is 5.43. The molecular weight excluding hydrogens is 271 g/mol. The standard InChI is InChI=1S/C12H10Cl2N4/c1-7-9(5-17(2)16-7)11-6-18-4-8(13)3-10(14)12(18)15-11/h3-6H,1-2H3. The zero-order chi connectivity index (χ0) is 12.9. The number of pyridine rings is 1. The van der Waals surface area contributed by atoms with Crippen LogP contribution < -0.4 is 0 Å². The van der Waals surface area contributed by atoms with Gasteiger partial charge in [0.2, 0.25) is 0 Å². The Bertz CT molecular complexity index is 742. The average Bonchev–Trinajstić information content (AvgIpc) is 2.81. The fourth-order valence-electron chi connectivity index (χ4n) is 2.01. The quantitative estimate of drug-likeness (QED) is 0.685. The van der Waals surface area contributed by atoms with Crippen LogP contribution in [0.1, 0.15) is 5.69 Å². The molecule has 3 aromatic heterocycles. The van der Waals surface area contributed by atoms with E-state index < -0.39 is 0 Å². The first kappa shape index (κ1) is 11.6. The zero-order valence-electron chi connectivity index (χ0n) is 9.85. The van der Waals surface area contributed by atoms with Crippen LogP contribution in [0.5, 0.6) is 0 Å². The second kappa shape index (κ2) is 4.00. The maximum atomic E-state index is 6.12. The summed E-state index contributed by atoms with van der Waals surface area (Å²) in [5.74, 6) is 0. The third-order valence-corrected chi connectivity index (χ3v) is 3.25. The summed E-state index contributed by atoms with van der Waals surface area (Å²) in [4.78, 5) is 4.52. The molecule has 3 aromatic rings. The van der Waals surface area contributed by atoms with Crippen molar-refractivity contribution >= 4 is 28.8 Å². The van der Waals surface area contributed by atoms with Gasteiger partial charge in [0.15, 0.2) is 5.65 Å². The summed E-state index contributed by atoms with van der Waals surface area (Å²) in [6.45, 7) is 1.95. The second-order valence-electron chi connectivity index (χ2n) is 4.17. The van der Waals surface area contributed by atoms with Crippen molar-refractivity contribution in [3.05, 3.63) is 40.4 Å². The number of hydrogen-bond donors (Lipinski definition) is 0. The van der Waals surface area contributed by atoms with Gasteiger partial charge in [0.05, 0.1) is 21.4 Å². The molecule has 3 rings (SSSR count). The summed E-state index contributed by atoms with van der Waals surface area (Å²) < 4.78 is 3.59. The topological polar surface area (TPSA) is 35.1 Å². The maximum Gasteiger partial charge on any atom is 0.156 e. The molecule has 4 nitrogen and oxygen atoms in total. The lowest BCUT2D eigenvalue weighted by Gasteiger charge is -1.95. The molecule has 92 valence electrons. The highest BCUT2D eigenvalue weighted by Gasteiger charge is 2.12. The third kappa shape index (κ3) is 1.78. The lowest BCUT2D eigenvalue weighted by atomic mass is 10.2. The highest BCUT2D eigenvalue weighted by atomic mass is 35.5. The van der Waals surface area contributed by atoms with Crippen molar-refractivity contribution in [2.45, 2.75) is 6.92 Å². The van der Waals surface area contributed by atoms with Gasteiger partial charge < -0.3 is 4.40 Å². The molecule has 0 bridgehead atoms. The fraction of sp³-hybridized carbons (Fsp3) is 0.167. The molecule has 0 aliphatic carbocycles. The Morgan fingerprint density at radius 3 is 2.61 bits per heavy atom. The predicted molar refractivity (Wildman–Crippen MR) is 72.2 cm³/mol. The summed E-state index contributed by atoms with van der Waals surface area (Å²) in [7, 11) is 1.89. The van der Waals surface area contributed by atoms with Gasteiger partial charge in [-0.2, -0.15) is 5.10 Å². The van der Waals surface area contributed by atoms with E-state index in [1.807, 2.05) is 30.8 Å². The van der Waals surface area contributed by atoms with E-state index in [2.05, 4.69) is 10.1 Å². The van der Waals surface area contributed by atoms with Gasteiger partial charge in [-0.3, -0.25) is 4.68 Å². The smallest absolute Gasteiger partial charge is 0.156 e. The number of hydrogen-bond acceptors (Lipinski definition) is 2. The van der Waals surface area contributed by atoms with Crippen LogP contribution in [0.15, 0.2) is 24.7 Å². The molecule has 0 aromatic carbocycles. The molecule has 0 atom stereocenters. The van der Waals surface area contributed by atoms with Gasteiger partial charge in [-0.25, -0.2) is 4.98 Å². The first-order chi connectivity index (χ1) is 8.54. The van der Waals surface area contributed by atoms with Crippen LogP contribution in [0.4, 0.5) is 0 Å². The van der Waals surface area contributed by atoms with E-state index in [-0.39, 0.29) is 0 Å². The number of fused-ring (bicyclic) bond motifs is 1. The fourth-order valence-corrected chi connectivity index (χ4v) is 2.53. The van der Waals surface area contributed by atoms with Crippen LogP contribution in [0.2, 0.25) is 10.0 Å². The lowest BCUT2D eigenvalue weighted by molar-refractivity contribution is 0.756. The second-order valence-corrected chi connectivity index (χ2v) is 5.01. The van der Waals surface area contributed by atoms with Crippen molar-refractivity contribution in [3.8, 4) is 11.3 Å². The first-order valence-electron chi connectivity index (χ1n) is 5.39. The van der Waals surface area contributed by atoms with Crippen LogP contribution in [-0.4, -0.2) is 19.2 Å². The van der Waals surface area contributed by atoms with Gasteiger partial charge in [0, 0.05) is 31.2 Å². The van der Waals surface area contributed by atoms with Gasteiger partial charge >= 0.3 is 0 Å². The molecule has 3 heterocycles. The molecule has 0 aliphatic heterocycles. The van der Waals surface area contributed by atoms with Gasteiger partial charge in [0.1, 0.15) is 0 Å². The Hall–Kier alpha value is -1.52. The number of nitrogens with zero attached hydrogens (tertiary/aromatic N) is 4. The Balaban J connectivity index is 2.25. The van der Waals surface area contributed by atoms with Crippen molar-refractivity contribution in [2.75, 3.05) is 0 Å². The van der Waals surface area contributed by atoms with Gasteiger partial charge in [0.25, 0.3) is 0 Å². The van der Waals surface area contributed by atoms with Crippen LogP contribution in [0.25, 0.3) is 16.9 Å². The molecule has 0 amide bonds. The van der Waals surface area contributed by atoms with E-state index in [0.29, 0.717) is 15.7 Å². The van der Waals surface area contributed by atoms with E-state index in [1.54, 1.807) is 16.9 Å². The Labute approximate surface area is 114 Å². The molecule has 0 fully saturated rings. The minimum absolute atomic E-state index is 0.537. The summed E-state index contributed by atoms with van der Waals surface area (Å²) in [5.41, 5.74) is 3.46. The van der Waals surface area contributed by atoms with Gasteiger partial charge in [-0.15, -0.1) is 0 Å². The normalized spacial score (nSPS) is 11.3. The molecule has 0 N–H and O–H groups in total. The monoisotopic (exact) mass is 280 g/mol. The minimum atomic E-state index is 0.537. The molecule has 0 aliphatic rings. The molecule has 0 spiro atoms. The highest BCUT2D eigenvalue weighted by molar-refractivity contribution is 6.36. The molecule has 0 saturated carbocycles. The molecule has 0 saturated heterocycles. The Kier molecular flexibility index (Phi) is 2.57. The molecule has 18 heavy (non-hydrogen) atoms. The number of halogens is 2. The van der Waals surface area contributed by atoms with E-state index in [9.17, 15) is 0 Å². The van der Waals surface area contributed by atoms with Crippen LogP contribution in [0.3, 0.4) is 0 Å². The number of aryl methyl sites for hydroxylation is 2. The van der Waals surface area contributed by atoms with E-state index >= 15 is 0 Å². The number of aromatic nitrogens is 4. The number of rotatable bonds is 1. The van der Waals surface area contributed by atoms with E-state index in [1.165, 1.54) is 0 Å². The van der Waals surface area contributed by atoms with Crippen LogP contribution in [-0.2, 0) is 7.05 Å². The highest BCUT2D eigenvalue weighted by Crippen LogP contribution is 2.26. The van der Waals surface area contributed by atoms with Crippen LogP contribution in [0, 0.1) is 6.92 Å².